The number of carbonyl (C=O) groups excluding carboxylic acids is 1. The summed E-state index contributed by atoms with van der Waals surface area (Å²) < 4.78 is 5.85. The van der Waals surface area contributed by atoms with Gasteiger partial charge in [0.05, 0.1) is 5.69 Å². The SMILES string of the molecule is CCN(CC)CCC(=O)Nc1ccccc1Oc1ccccc1. The Balaban J connectivity index is 1.98. The highest BCUT2D eigenvalue weighted by Crippen LogP contribution is 2.29. The van der Waals surface area contributed by atoms with Crippen LogP contribution in [0, 0.1) is 0 Å². The van der Waals surface area contributed by atoms with Crippen molar-refractivity contribution in [2.75, 3.05) is 25.0 Å². The van der Waals surface area contributed by atoms with Crippen molar-refractivity contribution in [1.29, 1.82) is 0 Å². The van der Waals surface area contributed by atoms with Crippen LogP contribution in [0.1, 0.15) is 20.3 Å². The number of rotatable bonds is 8. The van der Waals surface area contributed by atoms with E-state index >= 15 is 0 Å². The molecule has 0 heterocycles. The summed E-state index contributed by atoms with van der Waals surface area (Å²) >= 11 is 0. The second-order valence-electron chi connectivity index (χ2n) is 5.24. The van der Waals surface area contributed by atoms with Gasteiger partial charge in [0.15, 0.2) is 5.75 Å². The number of amides is 1. The number of anilines is 1. The fourth-order valence-electron chi connectivity index (χ4n) is 2.29. The van der Waals surface area contributed by atoms with Gasteiger partial charge in [0, 0.05) is 13.0 Å². The summed E-state index contributed by atoms with van der Waals surface area (Å²) in [7, 11) is 0. The Morgan fingerprint density at radius 2 is 1.65 bits per heavy atom. The summed E-state index contributed by atoms with van der Waals surface area (Å²) in [5, 5.41) is 2.94. The third-order valence-corrected chi connectivity index (χ3v) is 3.68. The van der Waals surface area contributed by atoms with Crippen LogP contribution in [0.4, 0.5) is 5.69 Å². The van der Waals surface area contributed by atoms with Gasteiger partial charge in [-0.1, -0.05) is 44.2 Å². The lowest BCUT2D eigenvalue weighted by atomic mass is 10.2. The van der Waals surface area contributed by atoms with Gasteiger partial charge in [-0.15, -0.1) is 0 Å². The lowest BCUT2D eigenvalue weighted by Gasteiger charge is -2.17. The van der Waals surface area contributed by atoms with Crippen LogP contribution in [-0.4, -0.2) is 30.4 Å². The Bertz CT molecular complexity index is 610. The number of ether oxygens (including phenoxy) is 1. The second-order valence-corrected chi connectivity index (χ2v) is 5.24. The molecule has 0 aliphatic heterocycles. The topological polar surface area (TPSA) is 41.6 Å². The standard InChI is InChI=1S/C19H24N2O2/c1-3-21(4-2)15-14-19(22)20-17-12-8-9-13-18(17)23-16-10-6-5-7-11-16/h5-13H,3-4,14-15H2,1-2H3,(H,20,22). The molecule has 1 amide bonds. The molecule has 0 aliphatic carbocycles. The third kappa shape index (κ3) is 5.42. The molecule has 4 heteroatoms. The van der Waals surface area contributed by atoms with Crippen molar-refractivity contribution in [3.63, 3.8) is 0 Å². The van der Waals surface area contributed by atoms with Crippen molar-refractivity contribution in [3.05, 3.63) is 54.6 Å². The monoisotopic (exact) mass is 312 g/mol. The molecule has 0 spiro atoms. The van der Waals surface area contributed by atoms with E-state index in [9.17, 15) is 4.79 Å². The maximum atomic E-state index is 12.2. The highest BCUT2D eigenvalue weighted by Gasteiger charge is 2.09. The smallest absolute Gasteiger partial charge is 0.225 e. The van der Waals surface area contributed by atoms with Gasteiger partial charge < -0.3 is 15.0 Å². The zero-order valence-corrected chi connectivity index (χ0v) is 13.8. The number of para-hydroxylation sites is 3. The second kappa shape index (κ2) is 8.96. The quantitative estimate of drug-likeness (QED) is 0.796. The first-order valence-electron chi connectivity index (χ1n) is 8.07. The average molecular weight is 312 g/mol. The van der Waals surface area contributed by atoms with Crippen LogP contribution in [0.2, 0.25) is 0 Å². The predicted octanol–water partition coefficient (Wildman–Crippen LogP) is 4.15. The van der Waals surface area contributed by atoms with Crippen LogP contribution in [-0.2, 0) is 4.79 Å². The van der Waals surface area contributed by atoms with Gasteiger partial charge in [-0.3, -0.25) is 4.79 Å². The Hall–Kier alpha value is -2.33. The molecule has 0 saturated heterocycles. The molecule has 0 unspecified atom stereocenters. The molecule has 0 fully saturated rings. The molecule has 2 aromatic rings. The van der Waals surface area contributed by atoms with Crippen LogP contribution in [0.5, 0.6) is 11.5 Å². The van der Waals surface area contributed by atoms with Crippen LogP contribution in [0.3, 0.4) is 0 Å². The Kier molecular flexibility index (Phi) is 6.63. The number of hydrogen-bond acceptors (Lipinski definition) is 3. The minimum Gasteiger partial charge on any atom is -0.455 e. The van der Waals surface area contributed by atoms with E-state index in [4.69, 9.17) is 4.74 Å². The van der Waals surface area contributed by atoms with E-state index in [1.54, 1.807) is 0 Å². The Morgan fingerprint density at radius 3 is 2.35 bits per heavy atom. The molecule has 122 valence electrons. The molecule has 0 aromatic heterocycles. The minimum absolute atomic E-state index is 0.000937. The van der Waals surface area contributed by atoms with Gasteiger partial charge in [-0.25, -0.2) is 0 Å². The fraction of sp³-hybridized carbons (Fsp3) is 0.316. The summed E-state index contributed by atoms with van der Waals surface area (Å²) in [4.78, 5) is 14.4. The van der Waals surface area contributed by atoms with Crippen LogP contribution in [0.25, 0.3) is 0 Å². The van der Waals surface area contributed by atoms with E-state index in [2.05, 4.69) is 24.1 Å². The maximum Gasteiger partial charge on any atom is 0.225 e. The van der Waals surface area contributed by atoms with Gasteiger partial charge in [0.2, 0.25) is 5.91 Å². The van der Waals surface area contributed by atoms with Crippen molar-refractivity contribution in [3.8, 4) is 11.5 Å². The number of hydrogen-bond donors (Lipinski definition) is 1. The van der Waals surface area contributed by atoms with Crippen LogP contribution >= 0.6 is 0 Å². The largest absolute Gasteiger partial charge is 0.455 e. The van der Waals surface area contributed by atoms with Crippen molar-refractivity contribution in [2.45, 2.75) is 20.3 Å². The van der Waals surface area contributed by atoms with Crippen molar-refractivity contribution in [2.24, 2.45) is 0 Å². The summed E-state index contributed by atoms with van der Waals surface area (Å²) in [6.07, 6.45) is 0.474. The first kappa shape index (κ1) is 17.0. The zero-order chi connectivity index (χ0) is 16.5. The van der Waals surface area contributed by atoms with Crippen molar-refractivity contribution >= 4 is 11.6 Å². The summed E-state index contributed by atoms with van der Waals surface area (Å²) in [5.74, 6) is 1.40. The lowest BCUT2D eigenvalue weighted by molar-refractivity contribution is -0.116. The van der Waals surface area contributed by atoms with E-state index in [1.165, 1.54) is 0 Å². The van der Waals surface area contributed by atoms with E-state index in [0.717, 1.165) is 25.4 Å². The molecule has 2 rings (SSSR count). The average Bonchev–Trinajstić information content (AvgIpc) is 2.58. The highest BCUT2D eigenvalue weighted by atomic mass is 16.5. The predicted molar refractivity (Wildman–Crippen MR) is 94.0 cm³/mol. The molecule has 2 aromatic carbocycles. The molecule has 1 N–H and O–H groups in total. The van der Waals surface area contributed by atoms with Crippen LogP contribution in [0.15, 0.2) is 54.6 Å². The summed E-state index contributed by atoms with van der Waals surface area (Å²) in [6.45, 7) is 6.88. The molecular weight excluding hydrogens is 288 g/mol. The lowest BCUT2D eigenvalue weighted by Crippen LogP contribution is -2.27. The Labute approximate surface area is 138 Å². The molecule has 4 nitrogen and oxygen atoms in total. The van der Waals surface area contributed by atoms with Gasteiger partial charge in [-0.05, 0) is 37.4 Å². The number of nitrogens with zero attached hydrogens (tertiary/aromatic N) is 1. The van der Waals surface area contributed by atoms with E-state index in [1.807, 2.05) is 54.6 Å². The molecule has 0 saturated carbocycles. The molecule has 0 bridgehead atoms. The molecule has 0 atom stereocenters. The molecule has 23 heavy (non-hydrogen) atoms. The normalized spacial score (nSPS) is 10.6. The first-order chi connectivity index (χ1) is 11.2. The van der Waals surface area contributed by atoms with Gasteiger partial charge in [-0.2, -0.15) is 0 Å². The maximum absolute atomic E-state index is 12.2. The third-order valence-electron chi connectivity index (χ3n) is 3.68. The molecular formula is C19H24N2O2. The van der Waals surface area contributed by atoms with E-state index in [0.29, 0.717) is 17.9 Å². The van der Waals surface area contributed by atoms with Crippen molar-refractivity contribution in [1.82, 2.24) is 4.90 Å². The van der Waals surface area contributed by atoms with Crippen molar-refractivity contribution < 1.29 is 9.53 Å². The first-order valence-corrected chi connectivity index (χ1v) is 8.07. The number of nitrogens with one attached hydrogen (secondary N) is 1. The molecule has 0 aliphatic rings. The summed E-state index contributed by atoms with van der Waals surface area (Å²) in [6, 6.07) is 17.0. The zero-order valence-electron chi connectivity index (χ0n) is 13.8. The number of carbonyl (C=O) groups is 1. The highest BCUT2D eigenvalue weighted by molar-refractivity contribution is 5.92. The minimum atomic E-state index is 0.000937. The van der Waals surface area contributed by atoms with Gasteiger partial charge in [0.1, 0.15) is 5.75 Å². The summed E-state index contributed by atoms with van der Waals surface area (Å²) in [5.41, 5.74) is 0.695. The van der Waals surface area contributed by atoms with Gasteiger partial charge in [0.25, 0.3) is 0 Å². The van der Waals surface area contributed by atoms with E-state index < -0.39 is 0 Å². The van der Waals surface area contributed by atoms with E-state index in [-0.39, 0.29) is 5.91 Å². The number of benzene rings is 2. The fourth-order valence-corrected chi connectivity index (χ4v) is 2.29. The molecule has 0 radical (unpaired) electrons. The van der Waals surface area contributed by atoms with Gasteiger partial charge >= 0.3 is 0 Å². The Morgan fingerprint density at radius 1 is 1.00 bits per heavy atom. The van der Waals surface area contributed by atoms with Crippen LogP contribution < -0.4 is 10.1 Å².